The number of pyridine rings is 1. The van der Waals surface area contributed by atoms with Gasteiger partial charge in [-0.15, -0.1) is 0 Å². The van der Waals surface area contributed by atoms with Gasteiger partial charge in [0.2, 0.25) is 5.69 Å². The van der Waals surface area contributed by atoms with E-state index in [0.717, 1.165) is 5.56 Å². The molecule has 0 aliphatic heterocycles. The molecule has 3 nitrogen and oxygen atoms in total. The van der Waals surface area contributed by atoms with Gasteiger partial charge in [0.25, 0.3) is 0 Å². The van der Waals surface area contributed by atoms with E-state index in [1.54, 1.807) is 17.7 Å². The van der Waals surface area contributed by atoms with E-state index < -0.39 is 43.0 Å². The number of aryl methyl sites for hydroxylation is 2. The molecule has 32 heavy (non-hydrogen) atoms. The molecule has 0 aliphatic carbocycles. The smallest absolute Gasteiger partial charge is 0.216 e. The van der Waals surface area contributed by atoms with Crippen molar-refractivity contribution in [2.45, 2.75) is 26.6 Å². The third kappa shape index (κ3) is 3.08. The SMILES string of the molecule is [2H]c1cc(-c2c(C)ccc3c2oc2c(-c4c([2H])c([2H])c([2H])c([2H])c4[2H])c([N+]#[C-])ccc23)[n+](C)cc1C([2H])(C)C([2H])([2H])[2H]. The summed E-state index contributed by atoms with van der Waals surface area (Å²) in [5.74, 6) is -2.02. The van der Waals surface area contributed by atoms with Crippen molar-refractivity contribution in [3.8, 4) is 22.4 Å². The first-order chi connectivity index (χ1) is 19.5. The Hall–Kier alpha value is -3.90. The van der Waals surface area contributed by atoms with Gasteiger partial charge in [-0.25, -0.2) is 9.41 Å². The van der Waals surface area contributed by atoms with Crippen LogP contribution in [0, 0.1) is 13.5 Å². The maximum Gasteiger partial charge on any atom is 0.216 e. The lowest BCUT2D eigenvalue weighted by molar-refractivity contribution is -0.660. The molecule has 1 unspecified atom stereocenters. The van der Waals surface area contributed by atoms with Gasteiger partial charge in [0.15, 0.2) is 11.9 Å². The second kappa shape index (κ2) is 7.66. The number of hydrogen-bond donors (Lipinski definition) is 0. The van der Waals surface area contributed by atoms with Crippen molar-refractivity contribution in [3.05, 3.63) is 95.3 Å². The lowest BCUT2D eigenvalue weighted by atomic mass is 9.97. The van der Waals surface area contributed by atoms with Crippen molar-refractivity contribution < 1.29 is 22.7 Å². The fourth-order valence-corrected chi connectivity index (χ4v) is 4.02. The van der Waals surface area contributed by atoms with Crippen LogP contribution < -0.4 is 4.57 Å². The first kappa shape index (κ1) is 11.6. The third-order valence-corrected chi connectivity index (χ3v) is 5.59. The molecule has 1 atom stereocenters. The fraction of sp³-hybridized carbons (Fsp3) is 0.172. The molecular weight excluding hydrogens is 392 g/mol. The zero-order valence-corrected chi connectivity index (χ0v) is 17.8. The van der Waals surface area contributed by atoms with Crippen LogP contribution in [0.25, 0.3) is 49.2 Å². The van der Waals surface area contributed by atoms with Crippen LogP contribution in [-0.4, -0.2) is 0 Å². The largest absolute Gasteiger partial charge is 0.456 e. The minimum Gasteiger partial charge on any atom is -0.456 e. The normalized spacial score (nSPS) is 18.1. The third-order valence-electron chi connectivity index (χ3n) is 5.59. The minimum atomic E-state index is -2.66. The monoisotopic (exact) mass is 427 g/mol. The fourth-order valence-electron chi connectivity index (χ4n) is 4.02. The Morgan fingerprint density at radius 1 is 1.03 bits per heavy atom. The maximum atomic E-state index is 8.64. The molecule has 0 fully saturated rings. The molecule has 0 radical (unpaired) electrons. The van der Waals surface area contributed by atoms with Crippen molar-refractivity contribution in [1.29, 1.82) is 0 Å². The van der Waals surface area contributed by atoms with Crippen LogP contribution in [0.1, 0.15) is 44.5 Å². The molecule has 0 N–H and O–H groups in total. The van der Waals surface area contributed by atoms with Crippen LogP contribution in [0.5, 0.6) is 0 Å². The van der Waals surface area contributed by atoms with E-state index in [9.17, 15) is 0 Å². The van der Waals surface area contributed by atoms with Crippen LogP contribution >= 0.6 is 0 Å². The van der Waals surface area contributed by atoms with E-state index in [4.69, 9.17) is 24.7 Å². The molecule has 0 amide bonds. The zero-order chi connectivity index (χ0) is 31.0. The number of fused-ring (bicyclic) bond motifs is 3. The molecule has 2 heterocycles. The summed E-state index contributed by atoms with van der Waals surface area (Å²) >= 11 is 0. The highest BCUT2D eigenvalue weighted by Gasteiger charge is 2.23. The summed E-state index contributed by atoms with van der Waals surface area (Å²) in [4.78, 5) is 3.57. The number of rotatable bonds is 3. The Kier molecular flexibility index (Phi) is 2.79. The molecule has 156 valence electrons. The molecule has 0 saturated carbocycles. The van der Waals surface area contributed by atoms with E-state index in [1.165, 1.54) is 25.3 Å². The van der Waals surface area contributed by atoms with Gasteiger partial charge in [0, 0.05) is 33.4 Å². The van der Waals surface area contributed by atoms with Crippen LogP contribution in [0.4, 0.5) is 5.69 Å². The molecule has 2 aromatic heterocycles. The van der Waals surface area contributed by atoms with E-state index in [-0.39, 0.29) is 34.0 Å². The summed E-state index contributed by atoms with van der Waals surface area (Å²) in [6.07, 6.45) is 1.47. The molecule has 0 bridgehead atoms. The second-order valence-corrected chi connectivity index (χ2v) is 7.64. The Bertz CT molecular complexity index is 1970. The summed E-state index contributed by atoms with van der Waals surface area (Å²) in [5, 5.41) is 1.20. The minimum absolute atomic E-state index is 0.0355. The molecule has 5 rings (SSSR count). The predicted molar refractivity (Wildman–Crippen MR) is 131 cm³/mol. The van der Waals surface area contributed by atoms with Gasteiger partial charge in [-0.1, -0.05) is 68.3 Å². The average Bonchev–Trinajstić information content (AvgIpc) is 3.30. The summed E-state index contributed by atoms with van der Waals surface area (Å²) in [7, 11) is 1.68. The number of hydrogen-bond acceptors (Lipinski definition) is 1. The summed E-state index contributed by atoms with van der Waals surface area (Å²) in [6, 6.07) is 5.75. The van der Waals surface area contributed by atoms with Gasteiger partial charge < -0.3 is 4.42 Å². The molecule has 5 aromatic rings. The number of furan rings is 1. The molecule has 0 spiro atoms. The standard InChI is InChI=1S/C29H25N2O/c1-18(2)21-12-16-25(31(5)17-21)26-19(3)11-13-22-23-14-15-24(30-4)27(29(23)32-28(22)26)20-9-7-6-8-10-20/h6-18H,1-3,5H3/q+1/i1D3,6D,7D,8D,9D,10D,12D,18D. The first-order valence-electron chi connectivity index (χ1n) is 15.0. The van der Waals surface area contributed by atoms with E-state index in [0.29, 0.717) is 27.6 Å². The number of benzene rings is 3. The van der Waals surface area contributed by atoms with E-state index >= 15 is 0 Å². The van der Waals surface area contributed by atoms with Gasteiger partial charge in [0.05, 0.1) is 20.4 Å². The van der Waals surface area contributed by atoms with Crippen molar-refractivity contribution in [3.63, 3.8) is 0 Å². The van der Waals surface area contributed by atoms with Crippen LogP contribution in [0.2, 0.25) is 0 Å². The van der Waals surface area contributed by atoms with Crippen LogP contribution in [-0.2, 0) is 7.05 Å². The van der Waals surface area contributed by atoms with Gasteiger partial charge in [0.1, 0.15) is 18.2 Å². The van der Waals surface area contributed by atoms with E-state index in [2.05, 4.69) is 4.85 Å². The van der Waals surface area contributed by atoms with Crippen LogP contribution in [0.3, 0.4) is 0 Å². The Balaban J connectivity index is 1.88. The molecule has 0 saturated heterocycles. The van der Waals surface area contributed by atoms with Crippen molar-refractivity contribution in [2.24, 2.45) is 7.05 Å². The highest BCUT2D eigenvalue weighted by atomic mass is 16.3. The molecular formula is C29H25N2O+. The van der Waals surface area contributed by atoms with Gasteiger partial charge in [-0.05, 0) is 30.0 Å². The van der Waals surface area contributed by atoms with Crippen molar-refractivity contribution >= 4 is 27.6 Å². The molecule has 0 aliphatic rings. The quantitative estimate of drug-likeness (QED) is 0.213. The Morgan fingerprint density at radius 3 is 2.47 bits per heavy atom. The summed E-state index contributed by atoms with van der Waals surface area (Å²) in [6.45, 7) is 8.20. The van der Waals surface area contributed by atoms with Crippen molar-refractivity contribution in [1.82, 2.24) is 0 Å². The number of aromatic nitrogens is 1. The maximum absolute atomic E-state index is 8.64. The summed E-state index contributed by atoms with van der Waals surface area (Å²) < 4.78 is 90.0. The predicted octanol–water partition coefficient (Wildman–Crippen LogP) is 7.73. The highest BCUT2D eigenvalue weighted by Crippen LogP contribution is 2.44. The first-order valence-corrected chi connectivity index (χ1v) is 9.97. The molecule has 3 aromatic carbocycles. The topological polar surface area (TPSA) is 21.4 Å². The van der Waals surface area contributed by atoms with Crippen molar-refractivity contribution in [2.75, 3.05) is 0 Å². The highest BCUT2D eigenvalue weighted by molar-refractivity contribution is 6.15. The van der Waals surface area contributed by atoms with Gasteiger partial charge >= 0.3 is 0 Å². The Morgan fingerprint density at radius 2 is 1.75 bits per heavy atom. The summed E-state index contributed by atoms with van der Waals surface area (Å²) in [5.41, 5.74) is 2.46. The second-order valence-electron chi connectivity index (χ2n) is 7.64. The van der Waals surface area contributed by atoms with Crippen LogP contribution in [0.15, 0.2) is 77.2 Å². The van der Waals surface area contributed by atoms with E-state index in [1.807, 2.05) is 19.1 Å². The number of nitrogens with zero attached hydrogens (tertiary/aromatic N) is 2. The Labute approximate surface area is 202 Å². The lowest BCUT2D eigenvalue weighted by Crippen LogP contribution is -2.31. The molecule has 3 heteroatoms. The average molecular weight is 428 g/mol. The zero-order valence-electron chi connectivity index (χ0n) is 27.8. The van der Waals surface area contributed by atoms with Gasteiger partial charge in [-0.3, -0.25) is 0 Å². The lowest BCUT2D eigenvalue weighted by Gasteiger charge is -2.08. The van der Waals surface area contributed by atoms with Gasteiger partial charge in [-0.2, -0.15) is 0 Å².